The molecule has 0 aromatic heterocycles. The lowest BCUT2D eigenvalue weighted by molar-refractivity contribution is -0.385. The molecule has 0 saturated carbocycles. The molecule has 166 valence electrons. The van der Waals surface area contributed by atoms with Crippen molar-refractivity contribution in [3.05, 3.63) is 91.9 Å². The van der Waals surface area contributed by atoms with Crippen LogP contribution >= 0.6 is 15.9 Å². The quantitative estimate of drug-likeness (QED) is 0.338. The summed E-state index contributed by atoms with van der Waals surface area (Å²) in [6.07, 6.45) is -0.509. The molecule has 0 amide bonds. The van der Waals surface area contributed by atoms with Gasteiger partial charge in [0.25, 0.3) is 5.69 Å². The van der Waals surface area contributed by atoms with Gasteiger partial charge in [-0.1, -0.05) is 36.4 Å². The normalized spacial score (nSPS) is 15.3. The molecule has 32 heavy (non-hydrogen) atoms. The average Bonchev–Trinajstić information content (AvgIpc) is 3.15. The molecule has 3 N–H and O–H groups in total. The van der Waals surface area contributed by atoms with E-state index >= 15 is 0 Å². The van der Waals surface area contributed by atoms with Crippen molar-refractivity contribution >= 4 is 21.6 Å². The Balaban J connectivity index is 1.76. The van der Waals surface area contributed by atoms with Crippen LogP contribution in [-0.4, -0.2) is 43.1 Å². The minimum Gasteiger partial charge on any atom is -0.508 e. The fourth-order valence-corrected chi connectivity index (χ4v) is 4.55. The van der Waals surface area contributed by atoms with Crippen LogP contribution < -0.4 is 0 Å². The Labute approximate surface area is 193 Å². The van der Waals surface area contributed by atoms with Crippen LogP contribution in [0.3, 0.4) is 0 Å². The van der Waals surface area contributed by atoms with Crippen LogP contribution in [0.5, 0.6) is 17.2 Å². The zero-order valence-corrected chi connectivity index (χ0v) is 18.6. The number of nitro benzene ring substituents is 1. The first-order chi connectivity index (χ1) is 15.3. The van der Waals surface area contributed by atoms with Gasteiger partial charge in [-0.25, -0.2) is 0 Å². The Morgan fingerprint density at radius 1 is 0.906 bits per heavy atom. The number of hydrogen-bond acceptors (Lipinski definition) is 7. The first-order valence-electron chi connectivity index (χ1n) is 10.0. The number of phenols is 3. The average molecular weight is 500 g/mol. The van der Waals surface area contributed by atoms with Gasteiger partial charge in [-0.05, 0) is 28.1 Å². The zero-order valence-electron chi connectivity index (χ0n) is 17.1. The lowest BCUT2D eigenvalue weighted by Crippen LogP contribution is -2.30. The van der Waals surface area contributed by atoms with E-state index in [2.05, 4.69) is 15.9 Å². The van der Waals surface area contributed by atoms with Gasteiger partial charge in [-0.15, -0.1) is 0 Å². The fourth-order valence-electron chi connectivity index (χ4n) is 4.09. The standard InChI is InChI=1S/C23H22BrN3O5/c24-19-12-17(27(31)32)11-18(22(19)30)23-25(13-15-5-1-3-7-20(15)28)9-10-26(23)14-16-6-2-4-8-21(16)29/h1-8,11-12,23,28-30H,9-10,13-14H2. The SMILES string of the molecule is O=[N+]([O-])c1cc(Br)c(O)c(C2N(Cc3ccccc3O)CCN2Cc2ccccc2O)c1. The number of nitro groups is 1. The highest BCUT2D eigenvalue weighted by atomic mass is 79.9. The maximum Gasteiger partial charge on any atom is 0.271 e. The zero-order chi connectivity index (χ0) is 22.8. The highest BCUT2D eigenvalue weighted by Gasteiger charge is 2.37. The van der Waals surface area contributed by atoms with Gasteiger partial charge in [0.1, 0.15) is 17.2 Å². The second kappa shape index (κ2) is 9.15. The Bertz CT molecular complexity index is 1100. The van der Waals surface area contributed by atoms with Crippen molar-refractivity contribution in [2.24, 2.45) is 0 Å². The summed E-state index contributed by atoms with van der Waals surface area (Å²) in [6, 6.07) is 16.7. The van der Waals surface area contributed by atoms with E-state index in [1.165, 1.54) is 12.1 Å². The number of para-hydroxylation sites is 2. The molecule has 1 saturated heterocycles. The molecule has 3 aromatic carbocycles. The number of nitrogens with zero attached hydrogens (tertiary/aromatic N) is 3. The maximum absolute atomic E-state index is 11.5. The number of benzene rings is 3. The van der Waals surface area contributed by atoms with Gasteiger partial charge < -0.3 is 15.3 Å². The third-order valence-electron chi connectivity index (χ3n) is 5.66. The molecule has 3 aromatic rings. The lowest BCUT2D eigenvalue weighted by atomic mass is 10.1. The molecule has 1 fully saturated rings. The minimum atomic E-state index is -0.509. The molecule has 0 bridgehead atoms. The van der Waals surface area contributed by atoms with Crippen LogP contribution in [0.1, 0.15) is 22.9 Å². The van der Waals surface area contributed by atoms with Crippen LogP contribution in [0.15, 0.2) is 65.1 Å². The van der Waals surface area contributed by atoms with E-state index in [9.17, 15) is 25.4 Å². The molecular formula is C23H22BrN3O5. The minimum absolute atomic E-state index is 0.0768. The van der Waals surface area contributed by atoms with Crippen molar-refractivity contribution in [3.63, 3.8) is 0 Å². The van der Waals surface area contributed by atoms with Crippen LogP contribution in [-0.2, 0) is 13.1 Å². The Morgan fingerprint density at radius 2 is 1.41 bits per heavy atom. The highest BCUT2D eigenvalue weighted by Crippen LogP contribution is 2.43. The van der Waals surface area contributed by atoms with Gasteiger partial charge in [0.15, 0.2) is 0 Å². The van der Waals surface area contributed by atoms with Crippen LogP contribution in [0.4, 0.5) is 5.69 Å². The molecule has 1 aliphatic rings. The van der Waals surface area contributed by atoms with E-state index in [-0.39, 0.29) is 27.4 Å². The smallest absolute Gasteiger partial charge is 0.271 e. The van der Waals surface area contributed by atoms with Crippen molar-refractivity contribution in [1.82, 2.24) is 9.80 Å². The molecule has 0 radical (unpaired) electrons. The number of aromatic hydroxyl groups is 3. The van der Waals surface area contributed by atoms with E-state index in [0.29, 0.717) is 42.9 Å². The largest absolute Gasteiger partial charge is 0.508 e. The summed E-state index contributed by atoms with van der Waals surface area (Å²) in [5.41, 5.74) is 1.67. The van der Waals surface area contributed by atoms with Crippen molar-refractivity contribution in [1.29, 1.82) is 0 Å². The summed E-state index contributed by atoms with van der Waals surface area (Å²) >= 11 is 3.24. The summed E-state index contributed by atoms with van der Waals surface area (Å²) in [5, 5.41) is 42.8. The summed E-state index contributed by atoms with van der Waals surface area (Å²) in [7, 11) is 0. The summed E-state index contributed by atoms with van der Waals surface area (Å²) < 4.78 is 0.235. The first kappa shape index (κ1) is 22.1. The second-order valence-electron chi connectivity index (χ2n) is 7.69. The first-order valence-corrected chi connectivity index (χ1v) is 10.8. The van der Waals surface area contributed by atoms with Gasteiger partial charge in [0, 0.05) is 55.0 Å². The molecule has 1 heterocycles. The van der Waals surface area contributed by atoms with Gasteiger partial charge >= 0.3 is 0 Å². The number of non-ortho nitro benzene ring substituents is 1. The van der Waals surface area contributed by atoms with Crippen molar-refractivity contribution in [2.75, 3.05) is 13.1 Å². The van der Waals surface area contributed by atoms with E-state index in [0.717, 1.165) is 0 Å². The highest BCUT2D eigenvalue weighted by molar-refractivity contribution is 9.10. The molecule has 0 spiro atoms. The lowest BCUT2D eigenvalue weighted by Gasteiger charge is -2.31. The monoisotopic (exact) mass is 499 g/mol. The predicted octanol–water partition coefficient (Wildman–Crippen LogP) is 4.49. The third-order valence-corrected chi connectivity index (χ3v) is 6.27. The number of hydrogen-bond donors (Lipinski definition) is 3. The maximum atomic E-state index is 11.5. The molecule has 1 aliphatic heterocycles. The third kappa shape index (κ3) is 4.40. The molecule has 4 rings (SSSR count). The molecule has 9 heteroatoms. The van der Waals surface area contributed by atoms with Crippen molar-refractivity contribution in [3.8, 4) is 17.2 Å². The Kier molecular flexibility index (Phi) is 6.31. The topological polar surface area (TPSA) is 110 Å². The molecule has 0 atom stereocenters. The van der Waals surface area contributed by atoms with Crippen LogP contribution in [0.25, 0.3) is 0 Å². The van der Waals surface area contributed by atoms with Crippen LogP contribution in [0, 0.1) is 10.1 Å². The summed E-state index contributed by atoms with van der Waals surface area (Å²) in [4.78, 5) is 15.1. The predicted molar refractivity (Wildman–Crippen MR) is 122 cm³/mol. The van der Waals surface area contributed by atoms with E-state index in [1.807, 2.05) is 34.1 Å². The van der Waals surface area contributed by atoms with Gasteiger partial charge in [0.05, 0.1) is 15.6 Å². The van der Waals surface area contributed by atoms with Crippen molar-refractivity contribution < 1.29 is 20.2 Å². The fraction of sp³-hybridized carbons (Fsp3) is 0.217. The number of rotatable bonds is 6. The number of phenolic OH excluding ortho intramolecular Hbond substituents is 3. The van der Waals surface area contributed by atoms with E-state index < -0.39 is 11.1 Å². The van der Waals surface area contributed by atoms with Gasteiger partial charge in [-0.3, -0.25) is 19.9 Å². The Morgan fingerprint density at radius 3 is 1.88 bits per heavy atom. The van der Waals surface area contributed by atoms with Crippen LogP contribution in [0.2, 0.25) is 0 Å². The number of halogens is 1. The summed E-state index contributed by atoms with van der Waals surface area (Å²) in [5.74, 6) is 0.247. The van der Waals surface area contributed by atoms with Gasteiger partial charge in [-0.2, -0.15) is 0 Å². The molecular weight excluding hydrogens is 478 g/mol. The van der Waals surface area contributed by atoms with E-state index in [1.54, 1.807) is 24.3 Å². The van der Waals surface area contributed by atoms with Crippen molar-refractivity contribution in [2.45, 2.75) is 19.3 Å². The van der Waals surface area contributed by atoms with Gasteiger partial charge in [0.2, 0.25) is 0 Å². The summed E-state index contributed by atoms with van der Waals surface area (Å²) in [6.45, 7) is 1.97. The molecule has 0 aliphatic carbocycles. The second-order valence-corrected chi connectivity index (χ2v) is 8.55. The Hall–Kier alpha value is -3.14. The molecule has 8 nitrogen and oxygen atoms in total. The molecule has 0 unspecified atom stereocenters. The van der Waals surface area contributed by atoms with E-state index in [4.69, 9.17) is 0 Å².